The number of aliphatic imine (C=N–C) groups is 1. The Morgan fingerprint density at radius 2 is 2.22 bits per heavy atom. The Labute approximate surface area is 60.3 Å². The summed E-state index contributed by atoms with van der Waals surface area (Å²) in [5.41, 5.74) is 0. The van der Waals surface area contributed by atoms with Crippen LogP contribution in [0.15, 0.2) is 4.99 Å². The number of ether oxygens (including phenoxy) is 1. The normalized spacial score (nSPS) is 9.67. The molecule has 4 heteroatoms. The number of nitrogens with zero attached hydrogens (tertiary/aromatic N) is 2. The van der Waals surface area contributed by atoms with Crippen LogP contribution in [0.3, 0.4) is 0 Å². The van der Waals surface area contributed by atoms with Gasteiger partial charge in [0.1, 0.15) is 0 Å². The maximum Gasteiger partial charge on any atom is 0.284 e. The molecular weight excluding hydrogens is 136 g/mol. The summed E-state index contributed by atoms with van der Waals surface area (Å²) in [7, 11) is 5.22. The van der Waals surface area contributed by atoms with E-state index in [0.29, 0.717) is 0 Å². The molecule has 0 heterocycles. The molecule has 0 spiro atoms. The van der Waals surface area contributed by atoms with E-state index in [-0.39, 0.29) is 5.17 Å². The van der Waals surface area contributed by atoms with Crippen molar-refractivity contribution in [1.82, 2.24) is 4.90 Å². The van der Waals surface area contributed by atoms with E-state index in [2.05, 4.69) is 21.9 Å². The Hall–Kier alpha value is -0.640. The lowest BCUT2D eigenvalue weighted by atomic mass is 10.9. The summed E-state index contributed by atoms with van der Waals surface area (Å²) in [4.78, 5) is 5.54. The third-order valence-corrected chi connectivity index (χ3v) is 0.841. The predicted octanol–water partition coefficient (Wildman–Crippen LogP) is 0.508. The van der Waals surface area contributed by atoms with Crippen LogP contribution in [0.25, 0.3) is 0 Å². The van der Waals surface area contributed by atoms with Crippen LogP contribution in [-0.4, -0.2) is 37.6 Å². The molecule has 0 N–H and O–H groups in total. The molecule has 0 radical (unpaired) electrons. The zero-order valence-electron chi connectivity index (χ0n) is 5.79. The van der Waals surface area contributed by atoms with Crippen LogP contribution in [0.5, 0.6) is 0 Å². The van der Waals surface area contributed by atoms with Crippen molar-refractivity contribution >= 4 is 23.7 Å². The van der Waals surface area contributed by atoms with Crippen molar-refractivity contribution in [2.45, 2.75) is 0 Å². The van der Waals surface area contributed by atoms with Crippen molar-refractivity contribution in [3.63, 3.8) is 0 Å². The zero-order chi connectivity index (χ0) is 7.28. The summed E-state index contributed by atoms with van der Waals surface area (Å²) in [6.07, 6.45) is 1.59. The third-order valence-electron chi connectivity index (χ3n) is 0.569. The number of rotatable bonds is 1. The average Bonchev–Trinajstić information content (AvgIpc) is 1.83. The van der Waals surface area contributed by atoms with Gasteiger partial charge in [-0.2, -0.15) is 4.99 Å². The molecule has 0 aliphatic rings. The highest BCUT2D eigenvalue weighted by molar-refractivity contribution is 7.80. The summed E-state index contributed by atoms with van der Waals surface area (Å²) in [6.45, 7) is 0. The Morgan fingerprint density at radius 1 is 1.67 bits per heavy atom. The third kappa shape index (κ3) is 5.23. The van der Waals surface area contributed by atoms with Gasteiger partial charge in [0.15, 0.2) is 0 Å². The van der Waals surface area contributed by atoms with Crippen molar-refractivity contribution in [3.8, 4) is 0 Å². The van der Waals surface area contributed by atoms with Gasteiger partial charge in [0.25, 0.3) is 5.17 Å². The Balaban J connectivity index is 3.57. The molecule has 0 aliphatic heterocycles. The van der Waals surface area contributed by atoms with Gasteiger partial charge in [0.05, 0.1) is 13.4 Å². The number of hydrogen-bond donors (Lipinski definition) is 0. The van der Waals surface area contributed by atoms with Crippen LogP contribution >= 0.6 is 12.2 Å². The standard InChI is InChI=1S/C5H10N2OS/c1-7(2)4-6-5(9)8-3/h4H,1-3H3. The summed E-state index contributed by atoms with van der Waals surface area (Å²) in [5, 5.41) is 0.253. The maximum atomic E-state index is 4.63. The van der Waals surface area contributed by atoms with Crippen LogP contribution in [0.4, 0.5) is 0 Å². The number of thiocarbonyl (C=S) groups is 1. The molecule has 0 unspecified atom stereocenters. The first kappa shape index (κ1) is 8.36. The maximum absolute atomic E-state index is 4.63. The lowest BCUT2D eigenvalue weighted by Gasteiger charge is -2.01. The van der Waals surface area contributed by atoms with Gasteiger partial charge in [0, 0.05) is 14.1 Å². The summed E-state index contributed by atoms with van der Waals surface area (Å²) in [5.74, 6) is 0. The second-order valence-corrected chi connectivity index (χ2v) is 2.03. The molecule has 0 rings (SSSR count). The van der Waals surface area contributed by atoms with E-state index >= 15 is 0 Å². The molecule has 0 aromatic rings. The van der Waals surface area contributed by atoms with Gasteiger partial charge < -0.3 is 9.64 Å². The molecule has 0 atom stereocenters. The van der Waals surface area contributed by atoms with E-state index < -0.39 is 0 Å². The summed E-state index contributed by atoms with van der Waals surface area (Å²) in [6, 6.07) is 0. The van der Waals surface area contributed by atoms with E-state index in [9.17, 15) is 0 Å². The SMILES string of the molecule is COC(=S)N=CN(C)C. The minimum Gasteiger partial charge on any atom is -0.473 e. The van der Waals surface area contributed by atoms with Crippen molar-refractivity contribution in [2.75, 3.05) is 21.2 Å². The Morgan fingerprint density at radius 3 is 2.56 bits per heavy atom. The van der Waals surface area contributed by atoms with Crippen LogP contribution in [0, 0.1) is 0 Å². The minimum absolute atomic E-state index is 0.253. The van der Waals surface area contributed by atoms with E-state index in [1.807, 2.05) is 14.1 Å². The van der Waals surface area contributed by atoms with Crippen molar-refractivity contribution in [3.05, 3.63) is 0 Å². The van der Waals surface area contributed by atoms with Crippen molar-refractivity contribution in [1.29, 1.82) is 0 Å². The fourth-order valence-corrected chi connectivity index (χ4v) is 0.262. The lowest BCUT2D eigenvalue weighted by Crippen LogP contribution is -2.09. The molecule has 0 aliphatic carbocycles. The van der Waals surface area contributed by atoms with Crippen LogP contribution in [0.2, 0.25) is 0 Å². The van der Waals surface area contributed by atoms with Gasteiger partial charge in [0.2, 0.25) is 0 Å². The highest BCUT2D eigenvalue weighted by Crippen LogP contribution is 1.78. The molecule has 0 bridgehead atoms. The smallest absolute Gasteiger partial charge is 0.284 e. The van der Waals surface area contributed by atoms with Gasteiger partial charge >= 0.3 is 0 Å². The fourth-order valence-electron chi connectivity index (χ4n) is 0.215. The summed E-state index contributed by atoms with van der Waals surface area (Å²) >= 11 is 4.63. The van der Waals surface area contributed by atoms with E-state index in [1.54, 1.807) is 11.2 Å². The number of methoxy groups -OCH3 is 1. The largest absolute Gasteiger partial charge is 0.473 e. The van der Waals surface area contributed by atoms with Gasteiger partial charge in [-0.3, -0.25) is 0 Å². The molecule has 0 saturated carbocycles. The molecule has 0 saturated heterocycles. The van der Waals surface area contributed by atoms with Crippen molar-refractivity contribution < 1.29 is 4.74 Å². The van der Waals surface area contributed by atoms with Gasteiger partial charge in [-0.05, 0) is 12.2 Å². The topological polar surface area (TPSA) is 24.8 Å². The molecule has 0 aromatic heterocycles. The van der Waals surface area contributed by atoms with Gasteiger partial charge in [-0.15, -0.1) is 0 Å². The molecule has 52 valence electrons. The first-order chi connectivity index (χ1) is 4.16. The first-order valence-corrected chi connectivity index (χ1v) is 2.86. The quantitative estimate of drug-likeness (QED) is 0.306. The monoisotopic (exact) mass is 146 g/mol. The Bertz CT molecular complexity index is 122. The molecule has 0 amide bonds. The van der Waals surface area contributed by atoms with Crippen LogP contribution in [0.1, 0.15) is 0 Å². The lowest BCUT2D eigenvalue weighted by molar-refractivity contribution is 0.408. The van der Waals surface area contributed by atoms with E-state index in [1.165, 1.54) is 7.11 Å². The molecular formula is C5H10N2OS. The summed E-state index contributed by atoms with van der Waals surface area (Å²) < 4.78 is 4.61. The molecule has 0 fully saturated rings. The molecule has 0 aromatic carbocycles. The van der Waals surface area contributed by atoms with E-state index in [0.717, 1.165) is 0 Å². The van der Waals surface area contributed by atoms with Crippen molar-refractivity contribution in [2.24, 2.45) is 4.99 Å². The fraction of sp³-hybridized carbons (Fsp3) is 0.600. The number of hydrogen-bond acceptors (Lipinski definition) is 2. The van der Waals surface area contributed by atoms with Gasteiger partial charge in [-0.25, -0.2) is 0 Å². The highest BCUT2D eigenvalue weighted by atomic mass is 32.1. The zero-order valence-corrected chi connectivity index (χ0v) is 6.60. The second kappa shape index (κ2) is 4.26. The van der Waals surface area contributed by atoms with Gasteiger partial charge in [-0.1, -0.05) is 0 Å². The molecule has 3 nitrogen and oxygen atoms in total. The second-order valence-electron chi connectivity index (χ2n) is 1.68. The molecule has 9 heavy (non-hydrogen) atoms. The highest BCUT2D eigenvalue weighted by Gasteiger charge is 1.84. The Kier molecular flexibility index (Phi) is 3.96. The van der Waals surface area contributed by atoms with E-state index in [4.69, 9.17) is 0 Å². The van der Waals surface area contributed by atoms with Crippen LogP contribution < -0.4 is 0 Å². The minimum atomic E-state index is 0.253. The average molecular weight is 146 g/mol. The predicted molar refractivity (Wildman–Crippen MR) is 41.8 cm³/mol. The first-order valence-electron chi connectivity index (χ1n) is 2.45. The van der Waals surface area contributed by atoms with Crippen LogP contribution in [-0.2, 0) is 4.74 Å².